The number of rotatable bonds is 6. The topological polar surface area (TPSA) is 92.5 Å². The normalized spacial score (nSPS) is 23.7. The maximum atomic E-state index is 12.9. The van der Waals surface area contributed by atoms with E-state index in [0.717, 1.165) is 0 Å². The summed E-state index contributed by atoms with van der Waals surface area (Å²) in [6.07, 6.45) is 0.763. The van der Waals surface area contributed by atoms with E-state index in [2.05, 4.69) is 10.2 Å². The minimum absolute atomic E-state index is 0.0562. The number of halogens is 2. The Balaban J connectivity index is 1.71. The third kappa shape index (κ3) is 4.42. The fourth-order valence-corrected chi connectivity index (χ4v) is 4.55. The highest BCUT2D eigenvalue weighted by atomic mass is 35.5. The Bertz CT molecular complexity index is 1180. The molecule has 0 N–H and O–H groups in total. The Morgan fingerprint density at radius 2 is 1.74 bits per heavy atom. The van der Waals surface area contributed by atoms with Gasteiger partial charge in [0.05, 0.1) is 28.8 Å². The van der Waals surface area contributed by atoms with E-state index in [1.807, 2.05) is 13.8 Å². The van der Waals surface area contributed by atoms with Crippen molar-refractivity contribution >= 4 is 33.3 Å². The van der Waals surface area contributed by atoms with Crippen LogP contribution in [0.4, 0.5) is 0 Å². The molecule has 2 aromatic carbocycles. The first-order valence-corrected chi connectivity index (χ1v) is 11.6. The van der Waals surface area contributed by atoms with Crippen LogP contribution < -0.4 is 4.18 Å². The number of aromatic nitrogens is 3. The highest BCUT2D eigenvalue weighted by Crippen LogP contribution is 2.41. The van der Waals surface area contributed by atoms with Gasteiger partial charge in [-0.2, -0.15) is 8.42 Å². The number of hydrogen-bond acceptors (Lipinski definition) is 7. The van der Waals surface area contributed by atoms with Crippen LogP contribution in [0.15, 0.2) is 60.0 Å². The van der Waals surface area contributed by atoms with E-state index in [0.29, 0.717) is 15.6 Å². The highest BCUT2D eigenvalue weighted by Gasteiger charge is 2.47. The van der Waals surface area contributed by atoms with Crippen molar-refractivity contribution in [1.82, 2.24) is 14.8 Å². The monoisotopic (exact) mass is 483 g/mol. The summed E-state index contributed by atoms with van der Waals surface area (Å²) >= 11 is 12.3. The molecule has 2 atom stereocenters. The van der Waals surface area contributed by atoms with Gasteiger partial charge in [0.15, 0.2) is 0 Å². The predicted molar refractivity (Wildman–Crippen MR) is 114 cm³/mol. The van der Waals surface area contributed by atoms with E-state index in [1.54, 1.807) is 36.4 Å². The van der Waals surface area contributed by atoms with E-state index in [-0.39, 0.29) is 29.7 Å². The van der Waals surface area contributed by atoms with Gasteiger partial charge in [0.25, 0.3) is 5.16 Å². The Kier molecular flexibility index (Phi) is 5.97. The van der Waals surface area contributed by atoms with Crippen LogP contribution in [-0.2, 0) is 31.9 Å². The lowest BCUT2D eigenvalue weighted by molar-refractivity contribution is -0.193. The molecule has 11 heteroatoms. The summed E-state index contributed by atoms with van der Waals surface area (Å²) in [6, 6.07) is 13.1. The molecule has 8 nitrogen and oxygen atoms in total. The predicted octanol–water partition coefficient (Wildman–Crippen LogP) is 4.03. The number of hydrogen-bond donors (Lipinski definition) is 0. The number of ether oxygens (including phenoxy) is 2. The van der Waals surface area contributed by atoms with E-state index >= 15 is 0 Å². The summed E-state index contributed by atoms with van der Waals surface area (Å²) in [5.74, 6) is -1.17. The van der Waals surface area contributed by atoms with E-state index < -0.39 is 15.9 Å². The minimum Gasteiger partial charge on any atom is -0.377 e. The van der Waals surface area contributed by atoms with Crippen molar-refractivity contribution in [3.63, 3.8) is 0 Å². The van der Waals surface area contributed by atoms with Crippen LogP contribution in [0.25, 0.3) is 0 Å². The average Bonchev–Trinajstić information content (AvgIpc) is 3.30. The van der Waals surface area contributed by atoms with Gasteiger partial charge in [-0.05, 0) is 38.1 Å². The molecule has 4 rings (SSSR count). The molecule has 0 bridgehead atoms. The van der Waals surface area contributed by atoms with Crippen molar-refractivity contribution in [1.29, 1.82) is 0 Å². The molecule has 2 unspecified atom stereocenters. The van der Waals surface area contributed by atoms with Crippen molar-refractivity contribution in [3.8, 4) is 5.75 Å². The van der Waals surface area contributed by atoms with Crippen molar-refractivity contribution in [2.45, 2.75) is 43.5 Å². The van der Waals surface area contributed by atoms with Gasteiger partial charge in [-0.3, -0.25) is 4.57 Å². The van der Waals surface area contributed by atoms with Gasteiger partial charge in [-0.1, -0.05) is 47.5 Å². The van der Waals surface area contributed by atoms with E-state index in [9.17, 15) is 8.42 Å². The quantitative estimate of drug-likeness (QED) is 0.488. The fraction of sp³-hybridized carbons (Fsp3) is 0.300. The summed E-state index contributed by atoms with van der Waals surface area (Å²) in [5, 5.41) is 7.84. The lowest BCUT2D eigenvalue weighted by Gasteiger charge is -2.29. The largest absolute Gasteiger partial charge is 0.377 e. The second-order valence-corrected chi connectivity index (χ2v) is 9.37. The van der Waals surface area contributed by atoms with E-state index in [4.69, 9.17) is 36.9 Å². The molecule has 3 aromatic rings. The third-order valence-electron chi connectivity index (χ3n) is 4.90. The SMILES string of the molecule is CC1OC(Cn2cnnc2S(=O)(=O)Oc2ccccc2)(c2ccc(Cl)c(Cl)c2)OC1C. The molecule has 2 heterocycles. The summed E-state index contributed by atoms with van der Waals surface area (Å²) in [4.78, 5) is 0. The molecule has 1 fully saturated rings. The molecule has 0 saturated carbocycles. The molecule has 164 valence electrons. The van der Waals surface area contributed by atoms with Crippen molar-refractivity contribution in [3.05, 3.63) is 70.5 Å². The van der Waals surface area contributed by atoms with Gasteiger partial charge in [0.2, 0.25) is 5.79 Å². The summed E-state index contributed by atoms with van der Waals surface area (Å²) < 4.78 is 44.6. The minimum atomic E-state index is -4.26. The van der Waals surface area contributed by atoms with Crippen LogP contribution >= 0.6 is 23.2 Å². The lowest BCUT2D eigenvalue weighted by atomic mass is 10.1. The lowest BCUT2D eigenvalue weighted by Crippen LogP contribution is -2.34. The van der Waals surface area contributed by atoms with Crippen molar-refractivity contribution in [2.24, 2.45) is 0 Å². The maximum absolute atomic E-state index is 12.9. The van der Waals surface area contributed by atoms with Crippen LogP contribution in [0.5, 0.6) is 5.75 Å². The highest BCUT2D eigenvalue weighted by molar-refractivity contribution is 7.86. The van der Waals surface area contributed by atoms with Crippen LogP contribution in [-0.4, -0.2) is 35.4 Å². The van der Waals surface area contributed by atoms with Crippen LogP contribution in [0.2, 0.25) is 10.0 Å². The first-order valence-electron chi connectivity index (χ1n) is 9.39. The summed E-state index contributed by atoms with van der Waals surface area (Å²) in [6.45, 7) is 3.68. The zero-order chi connectivity index (χ0) is 22.2. The number of benzene rings is 2. The van der Waals surface area contributed by atoms with Crippen LogP contribution in [0.3, 0.4) is 0 Å². The van der Waals surface area contributed by atoms with E-state index in [1.165, 1.54) is 23.0 Å². The zero-order valence-corrected chi connectivity index (χ0v) is 18.9. The average molecular weight is 484 g/mol. The number of para-hydroxylation sites is 1. The Morgan fingerprint density at radius 1 is 1.06 bits per heavy atom. The smallest absolute Gasteiger partial charge is 0.375 e. The third-order valence-corrected chi connectivity index (χ3v) is 6.82. The Hall–Kier alpha value is -2.17. The molecule has 0 spiro atoms. The van der Waals surface area contributed by atoms with Gasteiger partial charge >= 0.3 is 10.1 Å². The Morgan fingerprint density at radius 3 is 2.39 bits per heavy atom. The standard InChI is InChI=1S/C20H19Cl2N3O5S/c1-13-14(2)29-20(28-13,15-8-9-17(21)18(22)10-15)11-25-12-23-24-19(25)31(26,27)30-16-6-4-3-5-7-16/h3-10,12-14H,11H2,1-2H3. The molecule has 1 saturated heterocycles. The maximum Gasteiger partial charge on any atom is 0.375 e. The number of nitrogens with zero attached hydrogens (tertiary/aromatic N) is 3. The summed E-state index contributed by atoms with van der Waals surface area (Å²) in [7, 11) is -4.26. The van der Waals surface area contributed by atoms with Crippen molar-refractivity contribution in [2.75, 3.05) is 0 Å². The Labute approximate surface area is 189 Å². The first-order chi connectivity index (χ1) is 14.7. The molecule has 0 amide bonds. The molecule has 1 aliphatic rings. The molecular formula is C20H19Cl2N3O5S. The molecule has 0 radical (unpaired) electrons. The first kappa shape index (κ1) is 22.0. The second kappa shape index (κ2) is 8.40. The second-order valence-electron chi connectivity index (χ2n) is 7.12. The molecule has 1 aliphatic heterocycles. The molecule has 0 aliphatic carbocycles. The summed E-state index contributed by atoms with van der Waals surface area (Å²) in [5.41, 5.74) is 0.583. The van der Waals surface area contributed by atoms with Gasteiger partial charge in [-0.25, -0.2) is 0 Å². The van der Waals surface area contributed by atoms with Gasteiger partial charge in [0.1, 0.15) is 12.1 Å². The van der Waals surface area contributed by atoms with Crippen LogP contribution in [0, 0.1) is 0 Å². The molecule has 1 aromatic heterocycles. The molecule has 31 heavy (non-hydrogen) atoms. The van der Waals surface area contributed by atoms with Crippen molar-refractivity contribution < 1.29 is 22.1 Å². The van der Waals surface area contributed by atoms with Crippen LogP contribution in [0.1, 0.15) is 19.4 Å². The van der Waals surface area contributed by atoms with Gasteiger partial charge in [-0.15, -0.1) is 10.2 Å². The fourth-order valence-electron chi connectivity index (χ4n) is 3.27. The zero-order valence-electron chi connectivity index (χ0n) is 16.6. The van der Waals surface area contributed by atoms with Gasteiger partial charge < -0.3 is 13.7 Å². The van der Waals surface area contributed by atoms with Gasteiger partial charge in [0, 0.05) is 5.56 Å². The molecular weight excluding hydrogens is 465 g/mol.